The van der Waals surface area contributed by atoms with Crippen molar-refractivity contribution in [2.75, 3.05) is 13.2 Å². The van der Waals surface area contributed by atoms with Crippen LogP contribution in [0.5, 0.6) is 5.75 Å². The summed E-state index contributed by atoms with van der Waals surface area (Å²) in [7, 11) is 0. The SMILES string of the molecule is Cc1ccc(CCOc2ccc(-c3noc([C@@H]4[C@@H](O)CCN4C(=N)N)n3)cc2C)cc1. The Morgan fingerprint density at radius 2 is 2.03 bits per heavy atom. The first-order valence-corrected chi connectivity index (χ1v) is 10.3. The van der Waals surface area contributed by atoms with E-state index in [-0.39, 0.29) is 11.9 Å². The molecule has 1 aliphatic rings. The zero-order chi connectivity index (χ0) is 22.0. The fraction of sp³-hybridized carbons (Fsp3) is 0.348. The number of aliphatic hydroxyl groups is 1. The van der Waals surface area contributed by atoms with Crippen molar-refractivity contribution < 1.29 is 14.4 Å². The van der Waals surface area contributed by atoms with Crippen LogP contribution in [0.25, 0.3) is 11.4 Å². The van der Waals surface area contributed by atoms with E-state index in [1.807, 2.05) is 25.1 Å². The number of nitrogens with one attached hydrogen (secondary N) is 1. The van der Waals surface area contributed by atoms with Gasteiger partial charge in [-0.1, -0.05) is 35.0 Å². The lowest BCUT2D eigenvalue weighted by Crippen LogP contribution is -2.37. The fourth-order valence-electron chi connectivity index (χ4n) is 3.80. The Labute approximate surface area is 181 Å². The summed E-state index contributed by atoms with van der Waals surface area (Å²) in [6.07, 6.45) is 0.630. The van der Waals surface area contributed by atoms with E-state index in [4.69, 9.17) is 20.4 Å². The highest BCUT2D eigenvalue weighted by Gasteiger charge is 2.39. The van der Waals surface area contributed by atoms with Crippen LogP contribution in [0.3, 0.4) is 0 Å². The molecule has 4 N–H and O–H groups in total. The second kappa shape index (κ2) is 8.77. The van der Waals surface area contributed by atoms with Gasteiger partial charge in [-0.3, -0.25) is 5.41 Å². The Morgan fingerprint density at radius 1 is 1.26 bits per heavy atom. The number of benzene rings is 2. The first-order valence-electron chi connectivity index (χ1n) is 10.3. The van der Waals surface area contributed by atoms with Crippen LogP contribution in [0, 0.1) is 19.3 Å². The van der Waals surface area contributed by atoms with Crippen molar-refractivity contribution in [3.05, 3.63) is 65.0 Å². The van der Waals surface area contributed by atoms with Gasteiger partial charge in [0.15, 0.2) is 5.96 Å². The van der Waals surface area contributed by atoms with Gasteiger partial charge in [0, 0.05) is 18.5 Å². The van der Waals surface area contributed by atoms with Crippen molar-refractivity contribution in [1.29, 1.82) is 5.41 Å². The third-order valence-electron chi connectivity index (χ3n) is 5.57. The van der Waals surface area contributed by atoms with E-state index in [2.05, 4.69) is 41.3 Å². The topological polar surface area (TPSA) is 121 Å². The number of rotatable bonds is 6. The molecule has 1 fully saturated rings. The molecule has 3 aromatic rings. The molecule has 0 bridgehead atoms. The molecule has 2 heterocycles. The molecule has 0 saturated carbocycles. The van der Waals surface area contributed by atoms with Gasteiger partial charge in [0.25, 0.3) is 5.89 Å². The van der Waals surface area contributed by atoms with Crippen molar-refractivity contribution in [3.63, 3.8) is 0 Å². The number of likely N-dealkylation sites (tertiary alicyclic amines) is 1. The van der Waals surface area contributed by atoms with Crippen molar-refractivity contribution >= 4 is 5.96 Å². The summed E-state index contributed by atoms with van der Waals surface area (Å²) >= 11 is 0. The lowest BCUT2D eigenvalue weighted by Gasteiger charge is -2.22. The highest BCUT2D eigenvalue weighted by molar-refractivity contribution is 5.75. The molecule has 0 amide bonds. The average Bonchev–Trinajstić information content (AvgIpc) is 3.37. The maximum absolute atomic E-state index is 10.3. The second-order valence-electron chi connectivity index (χ2n) is 7.90. The minimum Gasteiger partial charge on any atom is -0.493 e. The number of aliphatic hydroxyl groups excluding tert-OH is 1. The number of hydrogen-bond donors (Lipinski definition) is 3. The van der Waals surface area contributed by atoms with Crippen LogP contribution in [-0.2, 0) is 6.42 Å². The maximum Gasteiger partial charge on any atom is 0.252 e. The molecule has 2 atom stereocenters. The molecule has 1 saturated heterocycles. The molecular formula is C23H27N5O3. The predicted molar refractivity (Wildman–Crippen MR) is 117 cm³/mol. The van der Waals surface area contributed by atoms with Crippen LogP contribution in [0.1, 0.15) is 35.0 Å². The summed E-state index contributed by atoms with van der Waals surface area (Å²) < 4.78 is 11.4. The van der Waals surface area contributed by atoms with Gasteiger partial charge in [-0.25, -0.2) is 0 Å². The summed E-state index contributed by atoms with van der Waals surface area (Å²) in [6, 6.07) is 13.6. The van der Waals surface area contributed by atoms with Crippen LogP contribution in [-0.4, -0.2) is 45.4 Å². The number of nitrogens with zero attached hydrogens (tertiary/aromatic N) is 3. The molecule has 8 nitrogen and oxygen atoms in total. The molecule has 0 spiro atoms. The largest absolute Gasteiger partial charge is 0.493 e. The minimum atomic E-state index is -0.705. The molecule has 1 aliphatic heterocycles. The number of guanidine groups is 1. The third kappa shape index (κ3) is 4.54. The minimum absolute atomic E-state index is 0.121. The van der Waals surface area contributed by atoms with Crippen molar-refractivity contribution in [2.24, 2.45) is 5.73 Å². The van der Waals surface area contributed by atoms with Crippen LogP contribution in [0.4, 0.5) is 0 Å². The molecule has 2 aromatic carbocycles. The molecular weight excluding hydrogens is 394 g/mol. The second-order valence-corrected chi connectivity index (χ2v) is 7.90. The molecule has 162 valence electrons. The Kier molecular flexibility index (Phi) is 5.90. The summed E-state index contributed by atoms with van der Waals surface area (Å²) in [5.74, 6) is 1.37. The number of aryl methyl sites for hydroxylation is 2. The molecule has 1 aromatic heterocycles. The van der Waals surface area contributed by atoms with Gasteiger partial charge in [-0.15, -0.1) is 0 Å². The Balaban J connectivity index is 1.43. The van der Waals surface area contributed by atoms with Crippen LogP contribution < -0.4 is 10.5 Å². The van der Waals surface area contributed by atoms with Gasteiger partial charge < -0.3 is 25.0 Å². The monoisotopic (exact) mass is 421 g/mol. The van der Waals surface area contributed by atoms with E-state index in [1.165, 1.54) is 11.1 Å². The summed E-state index contributed by atoms with van der Waals surface area (Å²) in [4.78, 5) is 6.02. The smallest absolute Gasteiger partial charge is 0.252 e. The number of aromatic nitrogens is 2. The van der Waals surface area contributed by atoms with Gasteiger partial charge in [-0.2, -0.15) is 4.98 Å². The van der Waals surface area contributed by atoms with E-state index >= 15 is 0 Å². The van der Waals surface area contributed by atoms with Gasteiger partial charge in [-0.05, 0) is 49.6 Å². The molecule has 31 heavy (non-hydrogen) atoms. The highest BCUT2D eigenvalue weighted by Crippen LogP contribution is 2.32. The van der Waals surface area contributed by atoms with E-state index in [1.54, 1.807) is 4.90 Å². The van der Waals surface area contributed by atoms with Gasteiger partial charge >= 0.3 is 0 Å². The first kappa shape index (κ1) is 20.9. The van der Waals surface area contributed by atoms with Crippen LogP contribution >= 0.6 is 0 Å². The zero-order valence-corrected chi connectivity index (χ0v) is 17.7. The summed E-state index contributed by atoms with van der Waals surface area (Å²) in [5.41, 5.74) is 9.87. The predicted octanol–water partition coefficient (Wildman–Crippen LogP) is 2.98. The molecule has 0 unspecified atom stereocenters. The Morgan fingerprint density at radius 3 is 2.74 bits per heavy atom. The quantitative estimate of drug-likeness (QED) is 0.413. The average molecular weight is 422 g/mol. The van der Waals surface area contributed by atoms with E-state index in [9.17, 15) is 5.11 Å². The van der Waals surface area contributed by atoms with Gasteiger partial charge in [0.1, 0.15) is 11.8 Å². The molecule has 4 rings (SSSR count). The van der Waals surface area contributed by atoms with E-state index < -0.39 is 12.1 Å². The normalized spacial score (nSPS) is 18.4. The standard InChI is InChI=1S/C23H27N5O3/c1-14-3-5-16(6-4-14)10-12-30-19-8-7-17(13-15(19)2)21-26-22(31-27-21)20-18(29)9-11-28(20)23(24)25/h3-8,13,18,20,29H,9-12H2,1-2H3,(H3,24,25)/t18-,20-/m0/s1. The lowest BCUT2D eigenvalue weighted by atomic mass is 10.1. The first-order chi connectivity index (χ1) is 14.9. The molecule has 8 heteroatoms. The van der Waals surface area contributed by atoms with Crippen molar-refractivity contribution in [1.82, 2.24) is 15.0 Å². The van der Waals surface area contributed by atoms with Crippen LogP contribution in [0.15, 0.2) is 47.0 Å². The third-order valence-corrected chi connectivity index (χ3v) is 5.57. The fourth-order valence-corrected chi connectivity index (χ4v) is 3.80. The molecule has 0 aliphatic carbocycles. The number of hydrogen-bond acceptors (Lipinski definition) is 6. The van der Waals surface area contributed by atoms with Gasteiger partial charge in [0.05, 0.1) is 12.7 Å². The van der Waals surface area contributed by atoms with Crippen LogP contribution in [0.2, 0.25) is 0 Å². The maximum atomic E-state index is 10.3. The van der Waals surface area contributed by atoms with E-state index in [0.29, 0.717) is 25.4 Å². The highest BCUT2D eigenvalue weighted by atomic mass is 16.5. The lowest BCUT2D eigenvalue weighted by molar-refractivity contribution is 0.118. The Bertz CT molecular complexity index is 1060. The number of ether oxygens (including phenoxy) is 1. The number of nitrogens with two attached hydrogens (primary N) is 1. The molecule has 0 radical (unpaired) electrons. The zero-order valence-electron chi connectivity index (χ0n) is 17.7. The Hall–Kier alpha value is -3.39. The van der Waals surface area contributed by atoms with Crippen molar-refractivity contribution in [2.45, 2.75) is 38.8 Å². The van der Waals surface area contributed by atoms with Crippen molar-refractivity contribution in [3.8, 4) is 17.1 Å². The summed E-state index contributed by atoms with van der Waals surface area (Å²) in [5, 5.41) is 22.0. The van der Waals surface area contributed by atoms with E-state index in [0.717, 1.165) is 23.3 Å². The van der Waals surface area contributed by atoms with Gasteiger partial charge in [0.2, 0.25) is 5.82 Å². The summed E-state index contributed by atoms with van der Waals surface area (Å²) in [6.45, 7) is 5.12.